The van der Waals surface area contributed by atoms with E-state index in [4.69, 9.17) is 4.74 Å². The molecular weight excluding hydrogens is 296 g/mol. The third kappa shape index (κ3) is 4.36. The van der Waals surface area contributed by atoms with E-state index in [1.165, 1.54) is 17.8 Å². The van der Waals surface area contributed by atoms with Crippen LogP contribution in [0, 0.1) is 0 Å². The molecule has 0 amide bonds. The van der Waals surface area contributed by atoms with E-state index >= 15 is 0 Å². The minimum absolute atomic E-state index is 0.315. The van der Waals surface area contributed by atoms with Crippen molar-refractivity contribution in [3.8, 4) is 0 Å². The maximum Gasteiger partial charge on any atom is 0.331 e. The molecule has 116 valence electrons. The monoisotopic (exact) mass is 316 g/mol. The number of hydrogen-bond acceptors (Lipinski definition) is 4. The van der Waals surface area contributed by atoms with E-state index in [0.717, 1.165) is 15.7 Å². The van der Waals surface area contributed by atoms with Gasteiger partial charge >= 0.3 is 5.97 Å². The van der Waals surface area contributed by atoms with E-state index in [-0.39, 0.29) is 0 Å². The first kappa shape index (κ1) is 16.6. The van der Waals surface area contributed by atoms with Crippen LogP contribution in [-0.2, 0) is 9.53 Å². The molecule has 0 aliphatic carbocycles. The second-order valence-corrected chi connectivity index (χ2v) is 6.55. The van der Waals surface area contributed by atoms with Crippen LogP contribution in [0.2, 0.25) is 0 Å². The van der Waals surface area contributed by atoms with Crippen molar-refractivity contribution in [1.82, 2.24) is 0 Å². The summed E-state index contributed by atoms with van der Waals surface area (Å²) in [7, 11) is 0. The molecule has 0 fully saturated rings. The Labute approximate surface area is 135 Å². The summed E-state index contributed by atoms with van der Waals surface area (Å²) in [6, 6.07) is 14.1. The minimum atomic E-state index is -1.11. The standard InChI is InChI=1S/C18H20O3S/c1-4-21-17(19)12-16(18(2,3)20)22-15-10-9-13-7-5-6-8-14(13)11-15/h5-12,20H,4H2,1-3H3/b16-12-. The van der Waals surface area contributed by atoms with Gasteiger partial charge < -0.3 is 9.84 Å². The molecule has 0 spiro atoms. The van der Waals surface area contributed by atoms with Crippen molar-refractivity contribution in [1.29, 1.82) is 0 Å². The highest BCUT2D eigenvalue weighted by molar-refractivity contribution is 8.03. The molecule has 0 bridgehead atoms. The summed E-state index contributed by atoms with van der Waals surface area (Å²) in [5, 5.41) is 12.6. The lowest BCUT2D eigenvalue weighted by molar-refractivity contribution is -0.137. The summed E-state index contributed by atoms with van der Waals surface area (Å²) in [5.41, 5.74) is -1.11. The maximum absolute atomic E-state index is 11.7. The first-order valence-corrected chi connectivity index (χ1v) is 8.00. The van der Waals surface area contributed by atoms with E-state index in [2.05, 4.69) is 6.07 Å². The molecule has 2 aromatic rings. The van der Waals surface area contributed by atoms with Crippen molar-refractivity contribution in [2.24, 2.45) is 0 Å². The predicted molar refractivity (Wildman–Crippen MR) is 90.8 cm³/mol. The molecule has 2 aromatic carbocycles. The Kier molecular flexibility index (Phi) is 5.27. The lowest BCUT2D eigenvalue weighted by atomic mass is 10.1. The Balaban J connectivity index is 2.31. The summed E-state index contributed by atoms with van der Waals surface area (Å²) in [5.74, 6) is -0.437. The number of hydrogen-bond donors (Lipinski definition) is 1. The molecule has 3 nitrogen and oxygen atoms in total. The molecule has 0 atom stereocenters. The van der Waals surface area contributed by atoms with E-state index in [0.29, 0.717) is 11.5 Å². The molecule has 0 aliphatic heterocycles. The number of ether oxygens (including phenoxy) is 1. The quantitative estimate of drug-likeness (QED) is 0.511. The fourth-order valence-corrected chi connectivity index (χ4v) is 2.96. The van der Waals surface area contributed by atoms with Gasteiger partial charge in [-0.05, 0) is 43.7 Å². The van der Waals surface area contributed by atoms with Crippen molar-refractivity contribution < 1.29 is 14.6 Å². The molecule has 0 aliphatic rings. The van der Waals surface area contributed by atoms with E-state index < -0.39 is 11.6 Å². The highest BCUT2D eigenvalue weighted by Gasteiger charge is 2.22. The molecule has 22 heavy (non-hydrogen) atoms. The van der Waals surface area contributed by atoms with Gasteiger partial charge in [-0.1, -0.05) is 42.1 Å². The fraction of sp³-hybridized carbons (Fsp3) is 0.278. The zero-order valence-electron chi connectivity index (χ0n) is 13.0. The molecular formula is C18H20O3S. The van der Waals surface area contributed by atoms with Crippen molar-refractivity contribution in [2.75, 3.05) is 6.61 Å². The van der Waals surface area contributed by atoms with Gasteiger partial charge in [-0.15, -0.1) is 0 Å². The van der Waals surface area contributed by atoms with Crippen molar-refractivity contribution >= 4 is 28.5 Å². The topological polar surface area (TPSA) is 46.5 Å². The smallest absolute Gasteiger partial charge is 0.331 e. The number of rotatable bonds is 5. The molecule has 0 heterocycles. The van der Waals surface area contributed by atoms with Crippen LogP contribution in [0.3, 0.4) is 0 Å². The normalized spacial score (nSPS) is 12.5. The Hall–Kier alpha value is -1.78. The molecule has 1 N–H and O–H groups in total. The number of benzene rings is 2. The van der Waals surface area contributed by atoms with Crippen LogP contribution < -0.4 is 0 Å². The zero-order chi connectivity index (χ0) is 16.2. The molecule has 0 saturated heterocycles. The largest absolute Gasteiger partial charge is 0.463 e. The SMILES string of the molecule is CCOC(=O)/C=C(\Sc1ccc2ccccc2c1)C(C)(C)O. The zero-order valence-corrected chi connectivity index (χ0v) is 13.8. The molecule has 2 rings (SSSR count). The van der Waals surface area contributed by atoms with Crippen LogP contribution in [0.1, 0.15) is 20.8 Å². The van der Waals surface area contributed by atoms with Gasteiger partial charge in [-0.25, -0.2) is 4.79 Å². The first-order valence-electron chi connectivity index (χ1n) is 7.18. The minimum Gasteiger partial charge on any atom is -0.463 e. The number of thioether (sulfide) groups is 1. The van der Waals surface area contributed by atoms with Gasteiger partial charge in [0.1, 0.15) is 0 Å². The summed E-state index contributed by atoms with van der Waals surface area (Å²) in [6.45, 7) is 5.39. The Morgan fingerprint density at radius 1 is 1.23 bits per heavy atom. The highest BCUT2D eigenvalue weighted by Crippen LogP contribution is 2.35. The number of carbonyl (C=O) groups is 1. The Morgan fingerprint density at radius 3 is 2.55 bits per heavy atom. The molecule has 0 aromatic heterocycles. The molecule has 4 heteroatoms. The first-order chi connectivity index (χ1) is 10.4. The summed E-state index contributed by atoms with van der Waals surface area (Å²) >= 11 is 1.37. The Morgan fingerprint density at radius 2 is 1.91 bits per heavy atom. The summed E-state index contributed by atoms with van der Waals surface area (Å²) in [6.07, 6.45) is 1.36. The third-order valence-electron chi connectivity index (χ3n) is 3.09. The number of fused-ring (bicyclic) bond motifs is 1. The van der Waals surface area contributed by atoms with Gasteiger partial charge in [0, 0.05) is 15.9 Å². The van der Waals surface area contributed by atoms with Crippen molar-refractivity contribution in [3.05, 3.63) is 53.4 Å². The number of aliphatic hydroxyl groups is 1. The van der Waals surface area contributed by atoms with Gasteiger partial charge in [0.05, 0.1) is 12.2 Å². The summed E-state index contributed by atoms with van der Waals surface area (Å²) < 4.78 is 4.94. The van der Waals surface area contributed by atoms with Gasteiger partial charge in [0.2, 0.25) is 0 Å². The van der Waals surface area contributed by atoms with Crippen LogP contribution in [-0.4, -0.2) is 23.3 Å². The summed E-state index contributed by atoms with van der Waals surface area (Å²) in [4.78, 5) is 13.2. The average Bonchev–Trinajstić information content (AvgIpc) is 2.46. The van der Waals surface area contributed by atoms with Crippen molar-refractivity contribution in [3.63, 3.8) is 0 Å². The molecule has 0 saturated carbocycles. The average molecular weight is 316 g/mol. The molecule has 0 radical (unpaired) electrons. The van der Waals surface area contributed by atoms with Gasteiger partial charge in [-0.3, -0.25) is 0 Å². The van der Waals surface area contributed by atoms with E-state index in [1.807, 2.05) is 36.4 Å². The molecule has 0 unspecified atom stereocenters. The van der Waals surface area contributed by atoms with E-state index in [9.17, 15) is 9.90 Å². The fourth-order valence-electron chi connectivity index (χ4n) is 1.98. The Bertz CT molecular complexity index is 699. The van der Waals surface area contributed by atoms with Crippen LogP contribution in [0.5, 0.6) is 0 Å². The van der Waals surface area contributed by atoms with Crippen LogP contribution >= 0.6 is 11.8 Å². The third-order valence-corrected chi connectivity index (χ3v) is 4.41. The van der Waals surface area contributed by atoms with Gasteiger partial charge in [-0.2, -0.15) is 0 Å². The van der Waals surface area contributed by atoms with Crippen LogP contribution in [0.4, 0.5) is 0 Å². The van der Waals surface area contributed by atoms with Gasteiger partial charge in [0.25, 0.3) is 0 Å². The van der Waals surface area contributed by atoms with E-state index in [1.54, 1.807) is 20.8 Å². The highest BCUT2D eigenvalue weighted by atomic mass is 32.2. The van der Waals surface area contributed by atoms with Gasteiger partial charge in [0.15, 0.2) is 0 Å². The second kappa shape index (κ2) is 6.99. The van der Waals surface area contributed by atoms with Crippen LogP contribution in [0.25, 0.3) is 10.8 Å². The van der Waals surface area contributed by atoms with Crippen molar-refractivity contribution in [2.45, 2.75) is 31.3 Å². The number of esters is 1. The van der Waals surface area contributed by atoms with Crippen LogP contribution in [0.15, 0.2) is 58.3 Å². The lowest BCUT2D eigenvalue weighted by Gasteiger charge is -2.21. The second-order valence-electron chi connectivity index (χ2n) is 5.43. The maximum atomic E-state index is 11.7. The lowest BCUT2D eigenvalue weighted by Crippen LogP contribution is -2.21. The predicted octanol–water partition coefficient (Wildman–Crippen LogP) is 4.15. The number of carbonyl (C=O) groups excluding carboxylic acids is 1.